The summed E-state index contributed by atoms with van der Waals surface area (Å²) in [6.07, 6.45) is 3.61. The molecular formula is C16H28N6O2. The molecule has 0 aliphatic carbocycles. The molecule has 0 radical (unpaired) electrons. The summed E-state index contributed by atoms with van der Waals surface area (Å²) in [4.78, 5) is 15.6. The third-order valence-electron chi connectivity index (χ3n) is 5.17. The first-order valence-electron chi connectivity index (χ1n) is 8.82. The summed E-state index contributed by atoms with van der Waals surface area (Å²) in [5, 5.41) is 18.4. The average Bonchev–Trinajstić information content (AvgIpc) is 2.90. The van der Waals surface area contributed by atoms with E-state index < -0.39 is 0 Å². The van der Waals surface area contributed by atoms with E-state index in [0.29, 0.717) is 12.5 Å². The van der Waals surface area contributed by atoms with Gasteiger partial charge in [0.25, 0.3) is 0 Å². The van der Waals surface area contributed by atoms with E-state index >= 15 is 0 Å². The zero-order chi connectivity index (χ0) is 17.1. The van der Waals surface area contributed by atoms with E-state index in [0.717, 1.165) is 70.1 Å². The molecule has 0 unspecified atom stereocenters. The Kier molecular flexibility index (Phi) is 5.47. The monoisotopic (exact) mass is 336 g/mol. The maximum atomic E-state index is 11.2. The van der Waals surface area contributed by atoms with Gasteiger partial charge in [0.1, 0.15) is 11.6 Å². The van der Waals surface area contributed by atoms with Crippen LogP contribution in [0.3, 0.4) is 0 Å². The average molecular weight is 336 g/mol. The molecule has 8 nitrogen and oxygen atoms in total. The van der Waals surface area contributed by atoms with Gasteiger partial charge in [0.15, 0.2) is 0 Å². The lowest BCUT2D eigenvalue weighted by Crippen LogP contribution is -2.40. The number of aliphatic hydroxyl groups excluding tert-OH is 1. The second-order valence-corrected chi connectivity index (χ2v) is 7.08. The number of likely N-dealkylation sites (tertiary alicyclic amines) is 2. The van der Waals surface area contributed by atoms with Crippen LogP contribution in [0.25, 0.3) is 0 Å². The van der Waals surface area contributed by atoms with E-state index in [1.165, 1.54) is 0 Å². The maximum Gasteiger partial charge on any atom is 0.231 e. The number of carbonyl (C=O) groups is 1. The van der Waals surface area contributed by atoms with Crippen molar-refractivity contribution < 1.29 is 9.90 Å². The van der Waals surface area contributed by atoms with Crippen LogP contribution in [0, 0.1) is 0 Å². The van der Waals surface area contributed by atoms with E-state index in [4.69, 9.17) is 5.73 Å². The van der Waals surface area contributed by atoms with Gasteiger partial charge >= 0.3 is 0 Å². The van der Waals surface area contributed by atoms with Crippen molar-refractivity contribution in [2.45, 2.75) is 44.2 Å². The summed E-state index contributed by atoms with van der Waals surface area (Å²) in [5.74, 6) is 1.98. The molecule has 1 aromatic rings. The number of hydrogen-bond donors (Lipinski definition) is 2. The fourth-order valence-electron chi connectivity index (χ4n) is 3.78. The number of nitrogens with two attached hydrogens (primary N) is 1. The zero-order valence-corrected chi connectivity index (χ0v) is 14.4. The van der Waals surface area contributed by atoms with Crippen molar-refractivity contribution in [2.75, 3.05) is 32.7 Å². The van der Waals surface area contributed by atoms with Crippen LogP contribution in [0.15, 0.2) is 0 Å². The third-order valence-corrected chi connectivity index (χ3v) is 5.17. The molecule has 3 rings (SSSR count). The largest absolute Gasteiger partial charge is 0.393 e. The van der Waals surface area contributed by atoms with Crippen LogP contribution in [-0.2, 0) is 18.4 Å². The molecule has 2 aliphatic heterocycles. The third kappa shape index (κ3) is 4.12. The number of amides is 1. The quantitative estimate of drug-likeness (QED) is 0.747. The van der Waals surface area contributed by atoms with Crippen molar-refractivity contribution in [1.29, 1.82) is 0 Å². The summed E-state index contributed by atoms with van der Waals surface area (Å²) in [6.45, 7) is 4.62. The second kappa shape index (κ2) is 7.58. The Morgan fingerprint density at radius 2 is 1.96 bits per heavy atom. The summed E-state index contributed by atoms with van der Waals surface area (Å²) in [7, 11) is 2.02. The fourth-order valence-corrected chi connectivity index (χ4v) is 3.78. The van der Waals surface area contributed by atoms with Crippen LogP contribution in [0.5, 0.6) is 0 Å². The van der Waals surface area contributed by atoms with Gasteiger partial charge in [-0.25, -0.2) is 0 Å². The topological polar surface area (TPSA) is 101 Å². The fraction of sp³-hybridized carbons (Fsp3) is 0.812. The van der Waals surface area contributed by atoms with Crippen molar-refractivity contribution in [3.05, 3.63) is 11.6 Å². The molecule has 24 heavy (non-hydrogen) atoms. The lowest BCUT2D eigenvalue weighted by atomic mass is 9.97. The summed E-state index contributed by atoms with van der Waals surface area (Å²) in [5.41, 5.74) is 5.32. The van der Waals surface area contributed by atoms with Crippen LogP contribution in [0.2, 0.25) is 0 Å². The van der Waals surface area contributed by atoms with Gasteiger partial charge in [-0.15, -0.1) is 10.2 Å². The lowest BCUT2D eigenvalue weighted by Gasteiger charge is -2.31. The van der Waals surface area contributed by atoms with E-state index in [2.05, 4.69) is 24.6 Å². The number of rotatable bonds is 5. The van der Waals surface area contributed by atoms with Gasteiger partial charge in [-0.3, -0.25) is 14.6 Å². The number of aliphatic hydroxyl groups is 1. The van der Waals surface area contributed by atoms with Gasteiger partial charge in [0.2, 0.25) is 5.91 Å². The smallest absolute Gasteiger partial charge is 0.231 e. The summed E-state index contributed by atoms with van der Waals surface area (Å²) < 4.78 is 2.10. The van der Waals surface area contributed by atoms with Crippen molar-refractivity contribution in [2.24, 2.45) is 12.8 Å². The first-order chi connectivity index (χ1) is 11.5. The number of piperidine rings is 2. The van der Waals surface area contributed by atoms with Crippen molar-refractivity contribution >= 4 is 5.91 Å². The van der Waals surface area contributed by atoms with Gasteiger partial charge in [-0.05, 0) is 32.2 Å². The van der Waals surface area contributed by atoms with Gasteiger partial charge in [-0.2, -0.15) is 0 Å². The van der Waals surface area contributed by atoms with E-state index in [-0.39, 0.29) is 12.0 Å². The molecule has 2 aliphatic rings. The van der Waals surface area contributed by atoms with Gasteiger partial charge in [0.05, 0.1) is 19.2 Å². The molecular weight excluding hydrogens is 308 g/mol. The summed E-state index contributed by atoms with van der Waals surface area (Å²) in [6, 6.07) is 0. The highest BCUT2D eigenvalue weighted by Gasteiger charge is 2.27. The molecule has 3 N–H and O–H groups in total. The molecule has 1 aromatic heterocycles. The first kappa shape index (κ1) is 17.3. The second-order valence-electron chi connectivity index (χ2n) is 7.08. The Labute approximate surface area is 142 Å². The highest BCUT2D eigenvalue weighted by Crippen LogP contribution is 2.26. The van der Waals surface area contributed by atoms with Crippen LogP contribution in [0.4, 0.5) is 0 Å². The minimum atomic E-state index is -0.276. The highest BCUT2D eigenvalue weighted by molar-refractivity contribution is 5.75. The predicted octanol–water partition coefficient (Wildman–Crippen LogP) is -0.563. The highest BCUT2D eigenvalue weighted by atomic mass is 16.3. The number of aromatic nitrogens is 3. The molecule has 8 heteroatoms. The molecule has 3 heterocycles. The summed E-state index contributed by atoms with van der Waals surface area (Å²) >= 11 is 0. The van der Waals surface area contributed by atoms with E-state index in [1.54, 1.807) is 0 Å². The molecule has 1 amide bonds. The molecule has 0 saturated carbocycles. The van der Waals surface area contributed by atoms with Crippen LogP contribution < -0.4 is 5.73 Å². The zero-order valence-electron chi connectivity index (χ0n) is 14.4. The Bertz CT molecular complexity index is 567. The number of carbonyl (C=O) groups excluding carboxylic acids is 1. The Hall–Kier alpha value is -1.51. The van der Waals surface area contributed by atoms with Gasteiger partial charge < -0.3 is 15.4 Å². The van der Waals surface area contributed by atoms with Gasteiger partial charge in [-0.1, -0.05) is 0 Å². The van der Waals surface area contributed by atoms with Crippen molar-refractivity contribution in [3.8, 4) is 0 Å². The van der Waals surface area contributed by atoms with E-state index in [9.17, 15) is 9.90 Å². The minimum Gasteiger partial charge on any atom is -0.393 e. The Morgan fingerprint density at radius 3 is 2.67 bits per heavy atom. The van der Waals surface area contributed by atoms with Gasteiger partial charge in [0, 0.05) is 32.6 Å². The molecule has 1 atom stereocenters. The number of hydrogen-bond acceptors (Lipinski definition) is 6. The minimum absolute atomic E-state index is 0.158. The number of nitrogens with zero attached hydrogens (tertiary/aromatic N) is 5. The maximum absolute atomic E-state index is 11.2. The van der Waals surface area contributed by atoms with Crippen molar-refractivity contribution in [1.82, 2.24) is 24.6 Å². The van der Waals surface area contributed by atoms with Crippen LogP contribution in [0.1, 0.15) is 43.3 Å². The van der Waals surface area contributed by atoms with E-state index in [1.807, 2.05) is 7.05 Å². The standard InChI is InChI=1S/C16H28N6O2/c1-20-15(11-21-7-4-13(23)5-8-21)18-19-16(20)12-3-2-6-22(9-12)10-14(17)24/h12-13,23H,2-11H2,1H3,(H2,17,24)/t12-/m1/s1. The Morgan fingerprint density at radius 1 is 1.21 bits per heavy atom. The van der Waals surface area contributed by atoms with Crippen LogP contribution in [-0.4, -0.2) is 74.4 Å². The van der Waals surface area contributed by atoms with Crippen molar-refractivity contribution in [3.63, 3.8) is 0 Å². The lowest BCUT2D eigenvalue weighted by molar-refractivity contribution is -0.119. The SMILES string of the molecule is Cn1c(CN2CCC(O)CC2)nnc1[C@@H]1CCCN(CC(N)=O)C1. The Balaban J connectivity index is 1.62. The molecule has 0 bridgehead atoms. The molecule has 0 aromatic carbocycles. The first-order valence-corrected chi connectivity index (χ1v) is 8.82. The number of primary amides is 1. The molecule has 2 fully saturated rings. The van der Waals surface area contributed by atoms with Crippen LogP contribution >= 0.6 is 0 Å². The molecule has 134 valence electrons. The normalized spacial score (nSPS) is 24.3. The molecule has 0 spiro atoms. The predicted molar refractivity (Wildman–Crippen MR) is 89.1 cm³/mol. The molecule has 2 saturated heterocycles.